The van der Waals surface area contributed by atoms with Crippen molar-refractivity contribution in [3.8, 4) is 0 Å². The van der Waals surface area contributed by atoms with Crippen LogP contribution in [0.15, 0.2) is 41.3 Å². The van der Waals surface area contributed by atoms with Gasteiger partial charge < -0.3 is 20.1 Å². The molecular weight excluding hydrogens is 474 g/mol. The number of piperazine rings is 1. The number of halogens is 2. The first kappa shape index (κ1) is 25.3. The maximum absolute atomic E-state index is 15.0. The number of aromatic nitrogens is 3. The molecule has 196 valence electrons. The number of nitrogens with one attached hydrogen (secondary N) is 2. The van der Waals surface area contributed by atoms with Crippen LogP contribution in [0.4, 0.5) is 14.6 Å². The van der Waals surface area contributed by atoms with Crippen molar-refractivity contribution < 1.29 is 8.78 Å². The van der Waals surface area contributed by atoms with Gasteiger partial charge in [-0.15, -0.1) is 0 Å². The summed E-state index contributed by atoms with van der Waals surface area (Å²) in [6.45, 7) is 14.3. The zero-order valence-corrected chi connectivity index (χ0v) is 21.8. The summed E-state index contributed by atoms with van der Waals surface area (Å²) in [6.07, 6.45) is 2.36. The predicted molar refractivity (Wildman–Crippen MR) is 144 cm³/mol. The van der Waals surface area contributed by atoms with Crippen LogP contribution in [-0.2, 0) is 6.54 Å². The molecule has 2 aliphatic heterocycles. The van der Waals surface area contributed by atoms with Crippen LogP contribution in [0, 0.1) is 12.7 Å². The topological polar surface area (TPSA) is 73.6 Å². The summed E-state index contributed by atoms with van der Waals surface area (Å²) >= 11 is 0. The summed E-state index contributed by atoms with van der Waals surface area (Å²) in [7, 11) is 0. The third-order valence-electron chi connectivity index (χ3n) is 7.01. The van der Waals surface area contributed by atoms with Crippen molar-refractivity contribution in [2.75, 3.05) is 38.0 Å². The molecule has 0 radical (unpaired) electrons. The van der Waals surface area contributed by atoms with E-state index in [1.165, 1.54) is 6.07 Å². The van der Waals surface area contributed by atoms with Crippen LogP contribution in [0.2, 0.25) is 0 Å². The number of rotatable bonds is 7. The molecule has 2 aliphatic rings. The molecule has 5 rings (SSSR count). The Labute approximate surface area is 216 Å². The van der Waals surface area contributed by atoms with E-state index in [1.807, 2.05) is 43.7 Å². The summed E-state index contributed by atoms with van der Waals surface area (Å²) in [6, 6.07) is 7.11. The van der Waals surface area contributed by atoms with Gasteiger partial charge in [-0.25, -0.2) is 23.7 Å². The molecule has 3 aromatic rings. The number of imidazole rings is 1. The van der Waals surface area contributed by atoms with E-state index in [9.17, 15) is 8.78 Å². The van der Waals surface area contributed by atoms with E-state index in [-0.39, 0.29) is 17.3 Å². The molecule has 1 unspecified atom stereocenters. The molecule has 37 heavy (non-hydrogen) atoms. The highest BCUT2D eigenvalue weighted by Crippen LogP contribution is 2.29. The average Bonchev–Trinajstić information content (AvgIpc) is 3.23. The number of hydrogen-bond donors (Lipinski definition) is 2. The van der Waals surface area contributed by atoms with Crippen molar-refractivity contribution in [2.24, 2.45) is 4.99 Å². The average molecular weight is 509 g/mol. The van der Waals surface area contributed by atoms with Crippen LogP contribution in [0.5, 0.6) is 0 Å². The maximum atomic E-state index is 15.0. The molecule has 10 heteroatoms. The lowest BCUT2D eigenvalue weighted by molar-refractivity contribution is 0.132. The Morgan fingerprint density at radius 1 is 1.11 bits per heavy atom. The third kappa shape index (κ3) is 5.35. The molecule has 2 N–H and O–H groups in total. The SMILES string of the molecule is CCN1CCN(Cc2ccc(NC3N=CC(F)=C(c4cc(F)c5nc(C)n(C(C)C)c5c4)N3)nc2)CC1. The van der Waals surface area contributed by atoms with Crippen molar-refractivity contribution in [1.82, 2.24) is 29.7 Å². The number of likely N-dealkylation sites (N-methyl/N-ethyl adjacent to an activating group) is 1. The Kier molecular flexibility index (Phi) is 7.21. The minimum atomic E-state index is -0.648. The van der Waals surface area contributed by atoms with Gasteiger partial charge in [0, 0.05) is 50.5 Å². The number of benzene rings is 1. The molecule has 0 aliphatic carbocycles. The third-order valence-corrected chi connectivity index (χ3v) is 7.01. The fourth-order valence-electron chi connectivity index (χ4n) is 5.07. The van der Waals surface area contributed by atoms with Crippen molar-refractivity contribution in [3.05, 3.63) is 59.1 Å². The van der Waals surface area contributed by atoms with Gasteiger partial charge in [-0.1, -0.05) is 13.0 Å². The van der Waals surface area contributed by atoms with Gasteiger partial charge >= 0.3 is 0 Å². The summed E-state index contributed by atoms with van der Waals surface area (Å²) < 4.78 is 31.7. The van der Waals surface area contributed by atoms with Crippen LogP contribution in [-0.4, -0.2) is 69.6 Å². The summed E-state index contributed by atoms with van der Waals surface area (Å²) in [5.74, 6) is 0.282. The first-order chi connectivity index (χ1) is 17.8. The zero-order valence-electron chi connectivity index (χ0n) is 21.8. The second-order valence-corrected chi connectivity index (χ2v) is 9.90. The van der Waals surface area contributed by atoms with E-state index in [1.54, 1.807) is 6.07 Å². The van der Waals surface area contributed by atoms with Gasteiger partial charge in [0.05, 0.1) is 17.4 Å². The van der Waals surface area contributed by atoms with Crippen LogP contribution >= 0.6 is 0 Å². The van der Waals surface area contributed by atoms with E-state index in [0.29, 0.717) is 22.7 Å². The Morgan fingerprint density at radius 3 is 2.54 bits per heavy atom. The Bertz CT molecular complexity index is 1320. The van der Waals surface area contributed by atoms with Gasteiger partial charge in [0.2, 0.25) is 0 Å². The Balaban J connectivity index is 1.28. The van der Waals surface area contributed by atoms with Crippen molar-refractivity contribution >= 4 is 28.8 Å². The maximum Gasteiger partial charge on any atom is 0.195 e. The number of nitrogens with zero attached hydrogens (tertiary/aromatic N) is 6. The second kappa shape index (κ2) is 10.5. The Morgan fingerprint density at radius 2 is 1.86 bits per heavy atom. The molecule has 0 bridgehead atoms. The molecule has 0 amide bonds. The normalized spacial score (nSPS) is 19.2. The highest BCUT2D eigenvalue weighted by Gasteiger charge is 2.22. The van der Waals surface area contributed by atoms with Gasteiger partial charge in [0.1, 0.15) is 17.2 Å². The minimum Gasteiger partial charge on any atom is -0.344 e. The first-order valence-corrected chi connectivity index (χ1v) is 12.9. The smallest absolute Gasteiger partial charge is 0.195 e. The van der Waals surface area contributed by atoms with Crippen LogP contribution < -0.4 is 10.6 Å². The number of pyridine rings is 1. The molecule has 8 nitrogen and oxygen atoms in total. The van der Waals surface area contributed by atoms with Crippen molar-refractivity contribution in [2.45, 2.75) is 46.6 Å². The summed E-state index contributed by atoms with van der Waals surface area (Å²) in [5, 5.41) is 6.23. The molecule has 2 aromatic heterocycles. The molecular formula is C27H34F2N8. The van der Waals surface area contributed by atoms with E-state index < -0.39 is 17.9 Å². The summed E-state index contributed by atoms with van der Waals surface area (Å²) in [5.41, 5.74) is 2.62. The molecule has 1 aromatic carbocycles. The second-order valence-electron chi connectivity index (χ2n) is 9.90. The van der Waals surface area contributed by atoms with Gasteiger partial charge in [-0.2, -0.15) is 0 Å². The molecule has 1 saturated heterocycles. The monoisotopic (exact) mass is 508 g/mol. The quantitative estimate of drug-likeness (QED) is 0.496. The van der Waals surface area contributed by atoms with Gasteiger partial charge in [0.15, 0.2) is 17.9 Å². The highest BCUT2D eigenvalue weighted by molar-refractivity contribution is 5.92. The van der Waals surface area contributed by atoms with Crippen LogP contribution in [0.1, 0.15) is 43.8 Å². The minimum absolute atomic E-state index is 0.0868. The number of aryl methyl sites for hydroxylation is 1. The van der Waals surface area contributed by atoms with E-state index in [4.69, 9.17) is 0 Å². The molecule has 0 spiro atoms. The largest absolute Gasteiger partial charge is 0.344 e. The van der Waals surface area contributed by atoms with Gasteiger partial charge in [-0.05, 0) is 51.1 Å². The van der Waals surface area contributed by atoms with Gasteiger partial charge in [0.25, 0.3) is 0 Å². The van der Waals surface area contributed by atoms with Crippen LogP contribution in [0.25, 0.3) is 16.7 Å². The number of hydrogen-bond acceptors (Lipinski definition) is 7. The van der Waals surface area contributed by atoms with E-state index >= 15 is 0 Å². The number of allylic oxidation sites excluding steroid dienone is 1. The molecule has 1 fully saturated rings. The molecule has 0 saturated carbocycles. The van der Waals surface area contributed by atoms with Gasteiger partial charge in [-0.3, -0.25) is 4.90 Å². The number of fused-ring (bicyclic) bond motifs is 1. The lowest BCUT2D eigenvalue weighted by Gasteiger charge is -2.33. The number of anilines is 1. The zero-order chi connectivity index (χ0) is 26.1. The lowest BCUT2D eigenvalue weighted by atomic mass is 10.1. The van der Waals surface area contributed by atoms with E-state index in [2.05, 4.69) is 42.3 Å². The van der Waals surface area contributed by atoms with Crippen LogP contribution in [0.3, 0.4) is 0 Å². The number of aliphatic imine (C=N–C) groups is 1. The fourth-order valence-corrected chi connectivity index (χ4v) is 5.07. The summed E-state index contributed by atoms with van der Waals surface area (Å²) in [4.78, 5) is 18.0. The molecule has 1 atom stereocenters. The first-order valence-electron chi connectivity index (χ1n) is 12.9. The van der Waals surface area contributed by atoms with Crippen molar-refractivity contribution in [3.63, 3.8) is 0 Å². The lowest BCUT2D eigenvalue weighted by Crippen LogP contribution is -2.45. The molecule has 4 heterocycles. The van der Waals surface area contributed by atoms with Crippen molar-refractivity contribution in [1.29, 1.82) is 0 Å². The highest BCUT2D eigenvalue weighted by atomic mass is 19.1. The van der Waals surface area contributed by atoms with E-state index in [0.717, 1.165) is 51.0 Å². The standard InChI is InChI=1S/C27H34F2N8/c1-5-35-8-10-36(11-9-35)16-19-6-7-24(30-14-19)33-27-31-15-22(29)25(34-27)20-12-21(28)26-23(13-20)37(17(2)3)18(4)32-26/h6-7,12-15,17,27,34H,5,8-11,16H2,1-4H3,(H,30,33). The fraction of sp³-hybridized carbons (Fsp3) is 0.444. The Hall–Kier alpha value is -3.37. The predicted octanol–water partition coefficient (Wildman–Crippen LogP) is 4.31.